The number of hydrogen-bond donors (Lipinski definition) is 1. The highest BCUT2D eigenvalue weighted by Crippen LogP contribution is 2.35. The molecule has 1 atom stereocenters. The highest BCUT2D eigenvalue weighted by atomic mass is 16.6. The van der Waals surface area contributed by atoms with E-state index in [9.17, 15) is 9.90 Å². The van der Waals surface area contributed by atoms with Gasteiger partial charge in [-0.05, 0) is 36.1 Å². The van der Waals surface area contributed by atoms with Crippen molar-refractivity contribution in [2.75, 3.05) is 19.7 Å². The molecule has 1 aromatic heterocycles. The van der Waals surface area contributed by atoms with Gasteiger partial charge < -0.3 is 23.9 Å². The van der Waals surface area contributed by atoms with Crippen molar-refractivity contribution in [3.63, 3.8) is 0 Å². The number of fused-ring (bicyclic) bond motifs is 1. The summed E-state index contributed by atoms with van der Waals surface area (Å²) in [6, 6.07) is 6.58. The standard InChI is InChI=1S/C17H17NO5/c19-13-1-2-14-15(6-13)23-16(10-22-14)17(20)18-7-12(8-18)5-11-3-4-21-9-11/h1-4,6,9,12,16,19H,5,7-8,10H2. The summed E-state index contributed by atoms with van der Waals surface area (Å²) in [4.78, 5) is 14.2. The van der Waals surface area contributed by atoms with Crippen LogP contribution in [0.25, 0.3) is 0 Å². The zero-order valence-corrected chi connectivity index (χ0v) is 12.5. The smallest absolute Gasteiger partial charge is 0.267 e. The van der Waals surface area contributed by atoms with Gasteiger partial charge in [0.2, 0.25) is 6.10 Å². The molecule has 3 heterocycles. The van der Waals surface area contributed by atoms with Crippen LogP contribution in [0.1, 0.15) is 5.56 Å². The molecule has 1 amide bonds. The minimum atomic E-state index is -0.654. The lowest BCUT2D eigenvalue weighted by atomic mass is 9.93. The van der Waals surface area contributed by atoms with E-state index in [2.05, 4.69) is 0 Å². The molecule has 0 saturated carbocycles. The van der Waals surface area contributed by atoms with Gasteiger partial charge in [-0.25, -0.2) is 0 Å². The van der Waals surface area contributed by atoms with Crippen molar-refractivity contribution in [1.82, 2.24) is 4.90 Å². The molecule has 0 radical (unpaired) electrons. The number of phenols is 1. The monoisotopic (exact) mass is 315 g/mol. The van der Waals surface area contributed by atoms with Crippen LogP contribution in [0.4, 0.5) is 0 Å². The molecule has 1 unspecified atom stereocenters. The number of benzene rings is 1. The van der Waals surface area contributed by atoms with Gasteiger partial charge in [-0.3, -0.25) is 4.79 Å². The van der Waals surface area contributed by atoms with Crippen LogP contribution < -0.4 is 9.47 Å². The predicted molar refractivity (Wildman–Crippen MR) is 80.5 cm³/mol. The van der Waals surface area contributed by atoms with Crippen molar-refractivity contribution in [2.24, 2.45) is 5.92 Å². The Morgan fingerprint density at radius 3 is 2.91 bits per heavy atom. The first-order chi connectivity index (χ1) is 11.2. The summed E-state index contributed by atoms with van der Waals surface area (Å²) < 4.78 is 16.3. The largest absolute Gasteiger partial charge is 0.508 e. The Hall–Kier alpha value is -2.63. The van der Waals surface area contributed by atoms with Crippen LogP contribution in [0.2, 0.25) is 0 Å². The van der Waals surface area contributed by atoms with Crippen LogP contribution in [-0.4, -0.2) is 41.7 Å². The Morgan fingerprint density at radius 2 is 2.13 bits per heavy atom. The molecular weight excluding hydrogens is 298 g/mol. The molecule has 0 bridgehead atoms. The zero-order chi connectivity index (χ0) is 15.8. The maximum Gasteiger partial charge on any atom is 0.267 e. The number of nitrogens with zero attached hydrogens (tertiary/aromatic N) is 1. The van der Waals surface area contributed by atoms with Gasteiger partial charge >= 0.3 is 0 Å². The minimum Gasteiger partial charge on any atom is -0.508 e. The first-order valence-corrected chi connectivity index (χ1v) is 7.61. The minimum absolute atomic E-state index is 0.0672. The third kappa shape index (κ3) is 2.72. The van der Waals surface area contributed by atoms with Gasteiger partial charge in [0, 0.05) is 19.2 Å². The average molecular weight is 315 g/mol. The lowest BCUT2D eigenvalue weighted by Gasteiger charge is -2.41. The van der Waals surface area contributed by atoms with E-state index in [1.54, 1.807) is 23.5 Å². The Bertz CT molecular complexity index is 706. The lowest BCUT2D eigenvalue weighted by molar-refractivity contribution is -0.147. The number of carbonyl (C=O) groups excluding carboxylic acids is 1. The van der Waals surface area contributed by atoms with Crippen LogP contribution >= 0.6 is 0 Å². The van der Waals surface area contributed by atoms with Gasteiger partial charge in [0.25, 0.3) is 5.91 Å². The molecule has 1 aromatic carbocycles. The maximum absolute atomic E-state index is 12.5. The summed E-state index contributed by atoms with van der Waals surface area (Å²) in [5.74, 6) is 1.43. The van der Waals surface area contributed by atoms with Crippen molar-refractivity contribution in [2.45, 2.75) is 12.5 Å². The number of phenolic OH excluding ortho intramolecular Hbond substituents is 1. The van der Waals surface area contributed by atoms with Gasteiger partial charge in [0.1, 0.15) is 12.4 Å². The van der Waals surface area contributed by atoms with Crippen molar-refractivity contribution in [1.29, 1.82) is 0 Å². The maximum atomic E-state index is 12.5. The Morgan fingerprint density at radius 1 is 1.26 bits per heavy atom. The SMILES string of the molecule is O=C(C1COc2ccc(O)cc2O1)N1CC(Cc2ccoc2)C1. The van der Waals surface area contributed by atoms with Crippen molar-refractivity contribution < 1.29 is 23.8 Å². The first kappa shape index (κ1) is 14.0. The highest BCUT2D eigenvalue weighted by Gasteiger charge is 2.37. The number of aromatic hydroxyl groups is 1. The molecule has 2 aliphatic heterocycles. The first-order valence-electron chi connectivity index (χ1n) is 7.61. The number of rotatable bonds is 3. The molecular formula is C17H17NO5. The Labute approximate surface area is 133 Å². The fourth-order valence-electron chi connectivity index (χ4n) is 3.01. The van der Waals surface area contributed by atoms with E-state index in [-0.39, 0.29) is 18.3 Å². The summed E-state index contributed by atoms with van der Waals surface area (Å²) in [6.07, 6.45) is 3.67. The summed E-state index contributed by atoms with van der Waals surface area (Å²) in [5, 5.41) is 9.50. The molecule has 4 rings (SSSR count). The molecule has 6 heteroatoms. The van der Waals surface area contributed by atoms with E-state index in [0.717, 1.165) is 25.1 Å². The van der Waals surface area contributed by atoms with Crippen LogP contribution in [0.3, 0.4) is 0 Å². The van der Waals surface area contributed by atoms with Gasteiger partial charge in [0.05, 0.1) is 12.5 Å². The normalized spacial score (nSPS) is 20.2. The number of ether oxygens (including phenoxy) is 2. The number of amides is 1. The number of carbonyl (C=O) groups is 1. The summed E-state index contributed by atoms with van der Waals surface area (Å²) in [5.41, 5.74) is 1.16. The molecule has 23 heavy (non-hydrogen) atoms. The average Bonchev–Trinajstić information content (AvgIpc) is 3.02. The van der Waals surface area contributed by atoms with Gasteiger partial charge in [-0.2, -0.15) is 0 Å². The quantitative estimate of drug-likeness (QED) is 0.935. The van der Waals surface area contributed by atoms with E-state index in [1.807, 2.05) is 6.07 Å². The van der Waals surface area contributed by atoms with E-state index in [1.165, 1.54) is 12.1 Å². The molecule has 1 N–H and O–H groups in total. The van der Waals surface area contributed by atoms with Crippen LogP contribution in [0, 0.1) is 5.92 Å². The second kappa shape index (κ2) is 5.53. The highest BCUT2D eigenvalue weighted by molar-refractivity contribution is 5.82. The fourth-order valence-corrected chi connectivity index (χ4v) is 3.01. The third-order valence-corrected chi connectivity index (χ3v) is 4.24. The fraction of sp³-hybridized carbons (Fsp3) is 0.353. The second-order valence-corrected chi connectivity index (χ2v) is 5.99. The molecule has 0 spiro atoms. The van der Waals surface area contributed by atoms with Crippen LogP contribution in [0.15, 0.2) is 41.2 Å². The van der Waals surface area contributed by atoms with Gasteiger partial charge in [-0.1, -0.05) is 0 Å². The molecule has 1 saturated heterocycles. The lowest BCUT2D eigenvalue weighted by Crippen LogP contribution is -2.56. The Balaban J connectivity index is 1.34. The molecule has 120 valence electrons. The number of hydrogen-bond acceptors (Lipinski definition) is 5. The van der Waals surface area contributed by atoms with Crippen LogP contribution in [0.5, 0.6) is 17.2 Å². The second-order valence-electron chi connectivity index (χ2n) is 5.99. The topological polar surface area (TPSA) is 72.1 Å². The van der Waals surface area contributed by atoms with Crippen molar-refractivity contribution >= 4 is 5.91 Å². The molecule has 2 aliphatic rings. The third-order valence-electron chi connectivity index (χ3n) is 4.24. The van der Waals surface area contributed by atoms with Crippen molar-refractivity contribution in [3.8, 4) is 17.2 Å². The number of furan rings is 1. The van der Waals surface area contributed by atoms with E-state index < -0.39 is 6.10 Å². The number of likely N-dealkylation sites (tertiary alicyclic amines) is 1. The Kier molecular flexibility index (Phi) is 3.37. The summed E-state index contributed by atoms with van der Waals surface area (Å²) in [7, 11) is 0. The molecule has 0 aliphatic carbocycles. The van der Waals surface area contributed by atoms with E-state index in [0.29, 0.717) is 17.4 Å². The molecule has 2 aromatic rings. The van der Waals surface area contributed by atoms with Crippen LogP contribution in [-0.2, 0) is 11.2 Å². The van der Waals surface area contributed by atoms with Gasteiger partial charge in [0.15, 0.2) is 11.5 Å². The van der Waals surface area contributed by atoms with Crippen molar-refractivity contribution in [3.05, 3.63) is 42.4 Å². The molecule has 1 fully saturated rings. The van der Waals surface area contributed by atoms with E-state index in [4.69, 9.17) is 13.9 Å². The van der Waals surface area contributed by atoms with Gasteiger partial charge in [-0.15, -0.1) is 0 Å². The summed E-state index contributed by atoms with van der Waals surface area (Å²) >= 11 is 0. The van der Waals surface area contributed by atoms with E-state index >= 15 is 0 Å². The summed E-state index contributed by atoms with van der Waals surface area (Å²) in [6.45, 7) is 1.63. The zero-order valence-electron chi connectivity index (χ0n) is 12.5. The molecule has 6 nitrogen and oxygen atoms in total. The predicted octanol–water partition coefficient (Wildman–Crippen LogP) is 1.83.